The molecule has 0 saturated carbocycles. The highest BCUT2D eigenvalue weighted by atomic mass is 35.5. The van der Waals surface area contributed by atoms with E-state index >= 15 is 0 Å². The summed E-state index contributed by atoms with van der Waals surface area (Å²) < 4.78 is 5.26. The summed E-state index contributed by atoms with van der Waals surface area (Å²) in [5.74, 6) is 2.40. The fraction of sp³-hybridized carbons (Fsp3) is 0.474. The van der Waals surface area contributed by atoms with Gasteiger partial charge in [0, 0.05) is 32.1 Å². The van der Waals surface area contributed by atoms with Crippen LogP contribution in [-0.2, 0) is 19.4 Å². The molecule has 0 bridgehead atoms. The summed E-state index contributed by atoms with van der Waals surface area (Å²) in [6.45, 7) is 3.80. The zero-order valence-electron chi connectivity index (χ0n) is 14.5. The number of hydrogen-bond acceptors (Lipinski definition) is 5. The van der Waals surface area contributed by atoms with E-state index in [9.17, 15) is 0 Å². The minimum Gasteiger partial charge on any atom is -0.495 e. The lowest BCUT2D eigenvalue weighted by atomic mass is 10.00. The molecule has 0 atom stereocenters. The topological polar surface area (TPSA) is 50.3 Å². The first-order valence-corrected chi connectivity index (χ1v) is 9.25. The first-order valence-electron chi connectivity index (χ1n) is 8.87. The molecule has 1 aliphatic carbocycles. The summed E-state index contributed by atoms with van der Waals surface area (Å²) in [5, 5.41) is 13.0. The largest absolute Gasteiger partial charge is 0.495 e. The molecule has 25 heavy (non-hydrogen) atoms. The second-order valence-electron chi connectivity index (χ2n) is 6.86. The highest BCUT2D eigenvalue weighted by Gasteiger charge is 2.28. The molecule has 1 saturated heterocycles. The minimum atomic E-state index is 0.638. The van der Waals surface area contributed by atoms with Gasteiger partial charge in [-0.2, -0.15) is 5.10 Å². The summed E-state index contributed by atoms with van der Waals surface area (Å²) >= 11 is 6.33. The molecule has 0 amide bonds. The van der Waals surface area contributed by atoms with Gasteiger partial charge in [-0.25, -0.2) is 0 Å². The number of ether oxygens (including phenoxy) is 1. The lowest BCUT2D eigenvalue weighted by Gasteiger charge is -2.40. The zero-order chi connectivity index (χ0) is 17.2. The van der Waals surface area contributed by atoms with E-state index in [1.54, 1.807) is 7.11 Å². The van der Waals surface area contributed by atoms with Gasteiger partial charge >= 0.3 is 0 Å². The molecule has 0 radical (unpaired) electrons. The third-order valence-electron chi connectivity index (χ3n) is 5.10. The number of fused-ring (bicyclic) bond motifs is 1. The maximum atomic E-state index is 6.33. The van der Waals surface area contributed by atoms with Crippen molar-refractivity contribution in [3.8, 4) is 5.75 Å². The lowest BCUT2D eigenvalue weighted by Crippen LogP contribution is -2.51. The van der Waals surface area contributed by atoms with Gasteiger partial charge in [0.1, 0.15) is 5.75 Å². The van der Waals surface area contributed by atoms with E-state index in [4.69, 9.17) is 16.3 Å². The van der Waals surface area contributed by atoms with Crippen molar-refractivity contribution in [1.82, 2.24) is 15.5 Å². The monoisotopic (exact) mass is 358 g/mol. The Morgan fingerprint density at radius 3 is 3.00 bits per heavy atom. The van der Waals surface area contributed by atoms with Crippen molar-refractivity contribution in [3.05, 3.63) is 46.1 Å². The summed E-state index contributed by atoms with van der Waals surface area (Å²) in [7, 11) is 1.64. The van der Waals surface area contributed by atoms with Crippen molar-refractivity contribution >= 4 is 17.4 Å². The molecule has 0 unspecified atom stereocenters. The van der Waals surface area contributed by atoms with Crippen molar-refractivity contribution in [2.24, 2.45) is 5.92 Å². The van der Waals surface area contributed by atoms with Gasteiger partial charge in [0.25, 0.3) is 0 Å². The van der Waals surface area contributed by atoms with E-state index in [1.165, 1.54) is 17.7 Å². The number of methoxy groups -OCH3 is 1. The van der Waals surface area contributed by atoms with Crippen LogP contribution >= 0.6 is 11.6 Å². The molecule has 5 nitrogen and oxygen atoms in total. The second kappa shape index (κ2) is 7.18. The summed E-state index contributed by atoms with van der Waals surface area (Å²) in [5.41, 5.74) is 3.65. The number of benzene rings is 1. The molecule has 1 fully saturated rings. The molecular formula is C19H23ClN4O. The average Bonchev–Trinajstić information content (AvgIpc) is 3.06. The van der Waals surface area contributed by atoms with Crippen LogP contribution in [0.2, 0.25) is 5.02 Å². The Balaban J connectivity index is 1.25. The van der Waals surface area contributed by atoms with Crippen LogP contribution in [0.25, 0.3) is 0 Å². The predicted octanol–water partition coefficient (Wildman–Crippen LogP) is 2.85. The van der Waals surface area contributed by atoms with E-state index in [-0.39, 0.29) is 0 Å². The van der Waals surface area contributed by atoms with E-state index < -0.39 is 0 Å². The molecule has 1 aromatic carbocycles. The van der Waals surface area contributed by atoms with Crippen molar-refractivity contribution in [3.63, 3.8) is 0 Å². The standard InChI is InChI=1S/C19H23ClN4O/c1-25-17-7-3-5-15(19(17)20)10-21-9-13-11-24(12-13)18-8-14-4-2-6-16(14)22-23-18/h3,5,7-8,13,21H,2,4,6,9-12H2,1H3. The van der Waals surface area contributed by atoms with Crippen LogP contribution in [0.4, 0.5) is 5.82 Å². The van der Waals surface area contributed by atoms with E-state index in [2.05, 4.69) is 26.5 Å². The maximum Gasteiger partial charge on any atom is 0.151 e. The Morgan fingerprint density at radius 1 is 1.28 bits per heavy atom. The summed E-state index contributed by atoms with van der Waals surface area (Å²) in [4.78, 5) is 2.32. The van der Waals surface area contributed by atoms with E-state index in [0.717, 1.165) is 56.2 Å². The third-order valence-corrected chi connectivity index (χ3v) is 5.53. The summed E-state index contributed by atoms with van der Waals surface area (Å²) in [6.07, 6.45) is 3.45. The van der Waals surface area contributed by atoms with Crippen molar-refractivity contribution in [2.75, 3.05) is 31.6 Å². The van der Waals surface area contributed by atoms with Crippen LogP contribution < -0.4 is 15.0 Å². The first-order chi connectivity index (χ1) is 12.2. The fourth-order valence-corrected chi connectivity index (χ4v) is 3.89. The maximum absolute atomic E-state index is 6.33. The molecule has 2 aromatic rings. The quantitative estimate of drug-likeness (QED) is 0.860. The molecule has 1 aliphatic heterocycles. The second-order valence-corrected chi connectivity index (χ2v) is 7.24. The number of hydrogen-bond donors (Lipinski definition) is 1. The van der Waals surface area contributed by atoms with Crippen LogP contribution in [0.5, 0.6) is 5.75 Å². The van der Waals surface area contributed by atoms with Crippen LogP contribution in [0, 0.1) is 5.92 Å². The Hall–Kier alpha value is -1.85. The SMILES string of the molecule is COc1cccc(CNCC2CN(c3cc4c(nn3)CCC4)C2)c1Cl. The zero-order valence-corrected chi connectivity index (χ0v) is 15.2. The van der Waals surface area contributed by atoms with Gasteiger partial charge < -0.3 is 15.0 Å². The number of anilines is 1. The summed E-state index contributed by atoms with van der Waals surface area (Å²) in [6, 6.07) is 8.12. The molecular weight excluding hydrogens is 336 g/mol. The predicted molar refractivity (Wildman–Crippen MR) is 99.5 cm³/mol. The molecule has 6 heteroatoms. The van der Waals surface area contributed by atoms with E-state index in [1.807, 2.05) is 18.2 Å². The van der Waals surface area contributed by atoms with Gasteiger partial charge in [-0.05, 0) is 42.5 Å². The number of nitrogens with one attached hydrogen (secondary N) is 1. The van der Waals surface area contributed by atoms with Gasteiger partial charge in [-0.3, -0.25) is 0 Å². The van der Waals surface area contributed by atoms with Crippen molar-refractivity contribution in [1.29, 1.82) is 0 Å². The number of aryl methyl sites for hydroxylation is 2. The number of rotatable bonds is 6. The lowest BCUT2D eigenvalue weighted by molar-refractivity contribution is 0.381. The first kappa shape index (κ1) is 16.6. The third kappa shape index (κ3) is 3.44. The highest BCUT2D eigenvalue weighted by molar-refractivity contribution is 6.32. The Morgan fingerprint density at radius 2 is 2.16 bits per heavy atom. The smallest absolute Gasteiger partial charge is 0.151 e. The molecule has 132 valence electrons. The minimum absolute atomic E-state index is 0.638. The number of halogens is 1. The molecule has 2 heterocycles. The molecule has 1 N–H and O–H groups in total. The highest BCUT2D eigenvalue weighted by Crippen LogP contribution is 2.29. The van der Waals surface area contributed by atoms with Crippen molar-refractivity contribution < 1.29 is 4.74 Å². The van der Waals surface area contributed by atoms with Gasteiger partial charge in [0.2, 0.25) is 0 Å². The van der Waals surface area contributed by atoms with Crippen molar-refractivity contribution in [2.45, 2.75) is 25.8 Å². The van der Waals surface area contributed by atoms with Crippen LogP contribution in [-0.4, -0.2) is 36.9 Å². The number of nitrogens with zero attached hydrogens (tertiary/aromatic N) is 3. The van der Waals surface area contributed by atoms with Gasteiger partial charge in [-0.1, -0.05) is 23.7 Å². The molecule has 2 aliphatic rings. The Kier molecular flexibility index (Phi) is 4.77. The van der Waals surface area contributed by atoms with E-state index in [0.29, 0.717) is 10.9 Å². The molecule has 4 rings (SSSR count). The Labute approximate surface area is 153 Å². The van der Waals surface area contributed by atoms with Gasteiger partial charge in [0.05, 0.1) is 17.8 Å². The normalized spacial score (nSPS) is 16.6. The van der Waals surface area contributed by atoms with Gasteiger partial charge in [-0.15, -0.1) is 5.10 Å². The molecule has 1 aromatic heterocycles. The molecule has 0 spiro atoms. The van der Waals surface area contributed by atoms with Gasteiger partial charge in [0.15, 0.2) is 5.82 Å². The number of aromatic nitrogens is 2. The van der Waals surface area contributed by atoms with Crippen LogP contribution in [0.15, 0.2) is 24.3 Å². The average molecular weight is 359 g/mol. The Bertz CT molecular complexity index is 761. The fourth-order valence-electron chi connectivity index (χ4n) is 3.62. The van der Waals surface area contributed by atoms with Crippen LogP contribution in [0.3, 0.4) is 0 Å². The van der Waals surface area contributed by atoms with Crippen LogP contribution in [0.1, 0.15) is 23.2 Å².